The van der Waals surface area contributed by atoms with Crippen molar-refractivity contribution in [3.8, 4) is 27.9 Å². The van der Waals surface area contributed by atoms with Gasteiger partial charge >= 0.3 is 0 Å². The van der Waals surface area contributed by atoms with Gasteiger partial charge in [0.05, 0.1) is 21.4 Å². The summed E-state index contributed by atoms with van der Waals surface area (Å²) >= 11 is 3.74. The minimum absolute atomic E-state index is 0.905. The number of thiophene rings is 2. The van der Waals surface area contributed by atoms with Crippen LogP contribution in [0, 0.1) is 0 Å². The molecule has 0 amide bonds. The number of benzene rings is 10. The predicted octanol–water partition coefficient (Wildman–Crippen LogP) is 18.2. The first-order valence-corrected chi connectivity index (χ1v) is 23.6. The van der Waals surface area contributed by atoms with E-state index in [1.165, 1.54) is 73.3 Å². The first kappa shape index (κ1) is 36.5. The standard InChI is InChI=1S/C60H36N2OS2/c1-6-24-52-43(16-1)44-17-2-7-25-53(44)62(52)40-15-11-14-38(34-40)50-35-41(36-51-47-20-5-10-29-57(47)64-59(50)51)61(54-26-13-23-49-46-19-4-9-28-56(46)65-60(49)54)39-32-30-37(31-33-39)42-21-12-22-48-45-18-3-8-27-55(45)63-58(42)48/h1-36H. The fourth-order valence-electron chi connectivity index (χ4n) is 10.3. The van der Waals surface area contributed by atoms with Crippen molar-refractivity contribution < 1.29 is 4.42 Å². The van der Waals surface area contributed by atoms with Crippen LogP contribution in [0.3, 0.4) is 0 Å². The monoisotopic (exact) mass is 864 g/mol. The first-order chi connectivity index (χ1) is 32.2. The van der Waals surface area contributed by atoms with E-state index in [0.29, 0.717) is 0 Å². The summed E-state index contributed by atoms with van der Waals surface area (Å²) in [6.45, 7) is 0. The number of anilines is 3. The Hall–Kier alpha value is -7.96. The Morgan fingerprint density at radius 3 is 1.74 bits per heavy atom. The Morgan fingerprint density at radius 2 is 0.969 bits per heavy atom. The van der Waals surface area contributed by atoms with Crippen LogP contribution in [0.1, 0.15) is 0 Å². The fraction of sp³-hybridized carbons (Fsp3) is 0. The van der Waals surface area contributed by atoms with E-state index in [1.54, 1.807) is 0 Å². The van der Waals surface area contributed by atoms with Crippen LogP contribution < -0.4 is 4.90 Å². The summed E-state index contributed by atoms with van der Waals surface area (Å²) in [5.41, 5.74) is 13.3. The molecule has 65 heavy (non-hydrogen) atoms. The van der Waals surface area contributed by atoms with Crippen molar-refractivity contribution in [2.45, 2.75) is 0 Å². The molecule has 14 rings (SSSR count). The second-order valence-electron chi connectivity index (χ2n) is 16.8. The third-order valence-electron chi connectivity index (χ3n) is 13.2. The zero-order chi connectivity index (χ0) is 42.6. The lowest BCUT2D eigenvalue weighted by Crippen LogP contribution is -2.10. The molecule has 0 spiro atoms. The second-order valence-corrected chi connectivity index (χ2v) is 18.9. The quantitative estimate of drug-likeness (QED) is 0.166. The van der Waals surface area contributed by atoms with Gasteiger partial charge in [-0.3, -0.25) is 0 Å². The SMILES string of the molecule is c1cc(-c2cc(N(c3ccc(-c4cccc5c4oc4ccccc45)cc3)c3cccc4c3sc3ccccc34)cc3c2sc2ccccc23)cc(-n2c3ccccc3c3ccccc32)c1. The lowest BCUT2D eigenvalue weighted by molar-refractivity contribution is 0.670. The topological polar surface area (TPSA) is 21.3 Å². The largest absolute Gasteiger partial charge is 0.455 e. The van der Waals surface area contributed by atoms with Crippen LogP contribution in [0.4, 0.5) is 17.1 Å². The zero-order valence-electron chi connectivity index (χ0n) is 34.9. The molecule has 0 aliphatic rings. The van der Waals surface area contributed by atoms with Crippen molar-refractivity contribution >= 4 is 124 Å². The summed E-state index contributed by atoms with van der Waals surface area (Å²) < 4.78 is 14.0. The first-order valence-electron chi connectivity index (χ1n) is 22.0. The highest BCUT2D eigenvalue weighted by atomic mass is 32.1. The fourth-order valence-corrected chi connectivity index (χ4v) is 12.7. The van der Waals surface area contributed by atoms with E-state index in [0.717, 1.165) is 55.8 Å². The smallest absolute Gasteiger partial charge is 0.143 e. The van der Waals surface area contributed by atoms with Gasteiger partial charge in [0, 0.05) is 85.4 Å². The molecule has 0 aliphatic heterocycles. The third kappa shape index (κ3) is 5.59. The van der Waals surface area contributed by atoms with E-state index in [2.05, 4.69) is 222 Å². The molecule has 4 heterocycles. The minimum atomic E-state index is 0.905. The Bertz CT molecular complexity index is 4150. The number of para-hydroxylation sites is 4. The van der Waals surface area contributed by atoms with Gasteiger partial charge in [0.2, 0.25) is 0 Å². The molecular formula is C60H36N2OS2. The maximum absolute atomic E-state index is 6.52. The highest BCUT2D eigenvalue weighted by molar-refractivity contribution is 7.26. The van der Waals surface area contributed by atoms with Crippen LogP contribution in [0.2, 0.25) is 0 Å². The number of hydrogen-bond acceptors (Lipinski definition) is 4. The van der Waals surface area contributed by atoms with Gasteiger partial charge in [-0.15, -0.1) is 22.7 Å². The Kier molecular flexibility index (Phi) is 8.02. The van der Waals surface area contributed by atoms with Crippen LogP contribution in [0.15, 0.2) is 223 Å². The average Bonchev–Trinajstić information content (AvgIpc) is 4.14. The van der Waals surface area contributed by atoms with Gasteiger partial charge < -0.3 is 13.9 Å². The van der Waals surface area contributed by atoms with Crippen molar-refractivity contribution in [2.75, 3.05) is 4.90 Å². The number of aromatic nitrogens is 1. The maximum Gasteiger partial charge on any atom is 0.143 e. The van der Waals surface area contributed by atoms with Crippen molar-refractivity contribution in [1.29, 1.82) is 0 Å². The molecule has 14 aromatic rings. The van der Waals surface area contributed by atoms with Gasteiger partial charge in [-0.05, 0) is 83.9 Å². The van der Waals surface area contributed by atoms with Gasteiger partial charge in [0.15, 0.2) is 0 Å². The molecule has 0 saturated heterocycles. The van der Waals surface area contributed by atoms with E-state index in [9.17, 15) is 0 Å². The van der Waals surface area contributed by atoms with E-state index in [4.69, 9.17) is 4.42 Å². The van der Waals surface area contributed by atoms with Gasteiger partial charge in [-0.2, -0.15) is 0 Å². The van der Waals surface area contributed by atoms with Gasteiger partial charge in [0.1, 0.15) is 11.2 Å². The number of nitrogens with zero attached hydrogens (tertiary/aromatic N) is 2. The second kappa shape index (κ2) is 14.3. The minimum Gasteiger partial charge on any atom is -0.455 e. The molecule has 0 fully saturated rings. The summed E-state index contributed by atoms with van der Waals surface area (Å²) in [6.07, 6.45) is 0. The third-order valence-corrected chi connectivity index (χ3v) is 15.6. The van der Waals surface area contributed by atoms with Crippen LogP contribution in [0.25, 0.3) is 112 Å². The Labute approximate surface area is 381 Å². The number of fused-ring (bicyclic) bond motifs is 12. The molecular weight excluding hydrogens is 829 g/mol. The van der Waals surface area contributed by atoms with E-state index in [-0.39, 0.29) is 0 Å². The van der Waals surface area contributed by atoms with Gasteiger partial charge in [-0.1, -0.05) is 146 Å². The Morgan fingerprint density at radius 1 is 0.369 bits per heavy atom. The molecule has 3 nitrogen and oxygen atoms in total. The summed E-state index contributed by atoms with van der Waals surface area (Å²) in [5.74, 6) is 0. The van der Waals surface area contributed by atoms with Crippen LogP contribution in [-0.2, 0) is 0 Å². The summed E-state index contributed by atoms with van der Waals surface area (Å²) in [4.78, 5) is 2.48. The number of hydrogen-bond donors (Lipinski definition) is 0. The molecule has 0 N–H and O–H groups in total. The molecule has 0 unspecified atom stereocenters. The predicted molar refractivity (Wildman–Crippen MR) is 279 cm³/mol. The van der Waals surface area contributed by atoms with Gasteiger partial charge in [0.25, 0.3) is 0 Å². The molecule has 0 bridgehead atoms. The molecule has 5 heteroatoms. The summed E-state index contributed by atoms with van der Waals surface area (Å²) in [7, 11) is 0. The van der Waals surface area contributed by atoms with Crippen LogP contribution in [0.5, 0.6) is 0 Å². The van der Waals surface area contributed by atoms with E-state index >= 15 is 0 Å². The van der Waals surface area contributed by atoms with Crippen LogP contribution in [-0.4, -0.2) is 4.57 Å². The normalized spacial score (nSPS) is 12.0. The molecule has 10 aromatic carbocycles. The lowest BCUT2D eigenvalue weighted by Gasteiger charge is -2.27. The molecule has 304 valence electrons. The molecule has 0 saturated carbocycles. The summed E-state index contributed by atoms with van der Waals surface area (Å²) in [6, 6.07) is 79.8. The number of furan rings is 1. The lowest BCUT2D eigenvalue weighted by atomic mass is 9.99. The molecule has 0 aliphatic carbocycles. The molecule has 0 atom stereocenters. The number of rotatable bonds is 6. The average molecular weight is 865 g/mol. The van der Waals surface area contributed by atoms with Crippen molar-refractivity contribution in [1.82, 2.24) is 4.57 Å². The summed E-state index contributed by atoms with van der Waals surface area (Å²) in [5, 5.41) is 9.85. The van der Waals surface area contributed by atoms with Crippen molar-refractivity contribution in [2.24, 2.45) is 0 Å². The molecule has 0 radical (unpaired) electrons. The highest BCUT2D eigenvalue weighted by Gasteiger charge is 2.23. The zero-order valence-corrected chi connectivity index (χ0v) is 36.5. The molecule has 4 aromatic heterocycles. The maximum atomic E-state index is 6.52. The van der Waals surface area contributed by atoms with E-state index in [1.807, 2.05) is 28.7 Å². The van der Waals surface area contributed by atoms with Crippen molar-refractivity contribution in [3.63, 3.8) is 0 Å². The van der Waals surface area contributed by atoms with Crippen molar-refractivity contribution in [3.05, 3.63) is 218 Å². The Balaban J connectivity index is 1.01. The van der Waals surface area contributed by atoms with Gasteiger partial charge in [-0.25, -0.2) is 0 Å². The van der Waals surface area contributed by atoms with E-state index < -0.39 is 0 Å². The highest BCUT2D eigenvalue weighted by Crippen LogP contribution is 2.49. The van der Waals surface area contributed by atoms with Crippen LogP contribution >= 0.6 is 22.7 Å².